The number of nitrogens with zero attached hydrogens (tertiary/aromatic N) is 1. The molecule has 1 aliphatic rings. The van der Waals surface area contributed by atoms with Crippen molar-refractivity contribution < 1.29 is 14.7 Å². The number of piperidine rings is 1. The van der Waals surface area contributed by atoms with Gasteiger partial charge in [-0.1, -0.05) is 0 Å². The van der Waals surface area contributed by atoms with Gasteiger partial charge in [-0.2, -0.15) is 0 Å². The van der Waals surface area contributed by atoms with Crippen LogP contribution in [0, 0.1) is 6.92 Å². The van der Waals surface area contributed by atoms with Crippen LogP contribution in [-0.4, -0.2) is 39.1 Å². The van der Waals surface area contributed by atoms with Crippen LogP contribution in [0.4, 0.5) is 10.5 Å². The maximum atomic E-state index is 12.4. The van der Waals surface area contributed by atoms with Crippen LogP contribution in [0.25, 0.3) is 0 Å². The van der Waals surface area contributed by atoms with Gasteiger partial charge in [0.15, 0.2) is 0 Å². The number of hydrogen-bond acceptors (Lipinski definition) is 2. The van der Waals surface area contributed by atoms with Crippen molar-refractivity contribution >= 4 is 17.7 Å². The number of nitrogens with one attached hydrogen (secondary N) is 2. The first-order valence-electron chi connectivity index (χ1n) is 6.92. The third kappa shape index (κ3) is 2.79. The number of anilines is 1. The van der Waals surface area contributed by atoms with Crippen molar-refractivity contribution in [1.82, 2.24) is 9.88 Å². The third-order valence-electron chi connectivity index (χ3n) is 3.84. The van der Waals surface area contributed by atoms with E-state index in [-0.39, 0.29) is 23.8 Å². The molecule has 0 saturated carbocycles. The molecule has 0 radical (unpaired) electrons. The maximum Gasteiger partial charge on any atom is 0.354 e. The fourth-order valence-electron chi connectivity index (χ4n) is 2.86. The second-order valence-electron chi connectivity index (χ2n) is 5.51. The van der Waals surface area contributed by atoms with Crippen molar-refractivity contribution in [3.63, 3.8) is 0 Å². The molecule has 2 heterocycles. The van der Waals surface area contributed by atoms with Gasteiger partial charge in [0.1, 0.15) is 5.69 Å². The monoisotopic (exact) mass is 279 g/mol. The Kier molecular flexibility index (Phi) is 4.01. The van der Waals surface area contributed by atoms with Gasteiger partial charge < -0.3 is 20.3 Å². The smallest absolute Gasteiger partial charge is 0.354 e. The summed E-state index contributed by atoms with van der Waals surface area (Å²) in [4.78, 5) is 28.1. The van der Waals surface area contributed by atoms with E-state index in [1.165, 1.54) is 0 Å². The van der Waals surface area contributed by atoms with Crippen molar-refractivity contribution in [2.75, 3.05) is 5.32 Å². The Bertz CT molecular complexity index is 514. The summed E-state index contributed by atoms with van der Waals surface area (Å²) in [5.41, 5.74) is 1.05. The Morgan fingerprint density at radius 1 is 1.35 bits per heavy atom. The van der Waals surface area contributed by atoms with Crippen molar-refractivity contribution in [2.45, 2.75) is 52.1 Å². The average molecular weight is 279 g/mol. The molecule has 6 nitrogen and oxygen atoms in total. The molecular weight excluding hydrogens is 258 g/mol. The van der Waals surface area contributed by atoms with E-state index in [0.29, 0.717) is 11.4 Å². The Morgan fingerprint density at radius 3 is 2.50 bits per heavy atom. The van der Waals surface area contributed by atoms with Gasteiger partial charge in [0.2, 0.25) is 0 Å². The number of carbonyl (C=O) groups is 2. The van der Waals surface area contributed by atoms with Gasteiger partial charge in [-0.15, -0.1) is 0 Å². The van der Waals surface area contributed by atoms with Crippen LogP contribution < -0.4 is 5.32 Å². The topological polar surface area (TPSA) is 85.4 Å². The summed E-state index contributed by atoms with van der Waals surface area (Å²) >= 11 is 0. The zero-order valence-corrected chi connectivity index (χ0v) is 12.1. The zero-order chi connectivity index (χ0) is 14.9. The minimum absolute atomic E-state index is 0.0214. The summed E-state index contributed by atoms with van der Waals surface area (Å²) in [5, 5.41) is 11.8. The molecule has 1 aliphatic heterocycles. The highest BCUT2D eigenvalue weighted by atomic mass is 16.4. The van der Waals surface area contributed by atoms with Crippen molar-refractivity contribution in [2.24, 2.45) is 0 Å². The fourth-order valence-corrected chi connectivity index (χ4v) is 2.86. The molecule has 2 amide bonds. The summed E-state index contributed by atoms with van der Waals surface area (Å²) < 4.78 is 0. The molecule has 110 valence electrons. The lowest BCUT2D eigenvalue weighted by Gasteiger charge is -2.38. The molecule has 6 heteroatoms. The van der Waals surface area contributed by atoms with Crippen LogP contribution in [0.1, 0.15) is 49.3 Å². The van der Waals surface area contributed by atoms with E-state index >= 15 is 0 Å². The standard InChI is InChI=1S/C14H21N3O3/c1-8-7-11(12(15-8)13(18)19)16-14(20)17-9(2)5-4-6-10(17)3/h7,9-10,15H,4-6H2,1-3H3,(H,16,20)(H,18,19). The van der Waals surface area contributed by atoms with Crippen LogP contribution in [0.15, 0.2) is 6.07 Å². The Morgan fingerprint density at radius 2 is 1.95 bits per heavy atom. The first-order valence-corrected chi connectivity index (χ1v) is 6.92. The number of hydrogen-bond donors (Lipinski definition) is 3. The maximum absolute atomic E-state index is 12.4. The summed E-state index contributed by atoms with van der Waals surface area (Å²) in [6.07, 6.45) is 3.08. The lowest BCUT2D eigenvalue weighted by atomic mass is 9.98. The van der Waals surface area contributed by atoms with Crippen molar-refractivity contribution in [1.29, 1.82) is 0 Å². The molecule has 0 spiro atoms. The van der Waals surface area contributed by atoms with E-state index in [9.17, 15) is 9.59 Å². The predicted molar refractivity (Wildman–Crippen MR) is 76.1 cm³/mol. The fraction of sp³-hybridized carbons (Fsp3) is 0.571. The minimum atomic E-state index is -1.08. The molecule has 1 aromatic rings. The van der Waals surface area contributed by atoms with Gasteiger partial charge in [0, 0.05) is 17.8 Å². The minimum Gasteiger partial charge on any atom is -0.477 e. The van der Waals surface area contributed by atoms with Gasteiger partial charge in [-0.25, -0.2) is 9.59 Å². The average Bonchev–Trinajstić information content (AvgIpc) is 2.70. The second kappa shape index (κ2) is 5.56. The van der Waals surface area contributed by atoms with Crippen LogP contribution in [0.2, 0.25) is 0 Å². The highest BCUT2D eigenvalue weighted by Crippen LogP contribution is 2.24. The Hall–Kier alpha value is -1.98. The SMILES string of the molecule is Cc1cc(NC(=O)N2C(C)CCCC2C)c(C(=O)O)[nH]1. The number of H-pyrrole nitrogens is 1. The third-order valence-corrected chi connectivity index (χ3v) is 3.84. The number of aromatic carboxylic acids is 1. The number of urea groups is 1. The van der Waals surface area contributed by atoms with E-state index in [1.54, 1.807) is 17.9 Å². The van der Waals surface area contributed by atoms with Gasteiger partial charge in [0.25, 0.3) is 0 Å². The molecule has 2 unspecified atom stereocenters. The predicted octanol–water partition coefficient (Wildman–Crippen LogP) is 2.82. The van der Waals surface area contributed by atoms with E-state index in [2.05, 4.69) is 10.3 Å². The van der Waals surface area contributed by atoms with Crippen LogP contribution >= 0.6 is 0 Å². The van der Waals surface area contributed by atoms with Crippen molar-refractivity contribution in [3.05, 3.63) is 17.5 Å². The zero-order valence-electron chi connectivity index (χ0n) is 12.1. The van der Waals surface area contributed by atoms with E-state index in [1.807, 2.05) is 13.8 Å². The molecule has 0 aliphatic carbocycles. The van der Waals surface area contributed by atoms with Gasteiger partial charge in [-0.3, -0.25) is 0 Å². The number of rotatable bonds is 2. The number of aromatic amines is 1. The van der Waals surface area contributed by atoms with E-state index < -0.39 is 5.97 Å². The van der Waals surface area contributed by atoms with E-state index in [0.717, 1.165) is 19.3 Å². The summed E-state index contributed by atoms with van der Waals surface area (Å²) in [6, 6.07) is 1.76. The summed E-state index contributed by atoms with van der Waals surface area (Å²) in [5.74, 6) is -1.08. The van der Waals surface area contributed by atoms with Crippen LogP contribution in [0.5, 0.6) is 0 Å². The number of aromatic nitrogens is 1. The lowest BCUT2D eigenvalue weighted by Crippen LogP contribution is -2.49. The molecule has 1 aromatic heterocycles. The molecule has 2 atom stereocenters. The first kappa shape index (κ1) is 14.4. The number of aryl methyl sites for hydroxylation is 1. The van der Waals surface area contributed by atoms with Crippen molar-refractivity contribution in [3.8, 4) is 0 Å². The first-order chi connectivity index (χ1) is 9.40. The molecule has 0 aromatic carbocycles. The second-order valence-corrected chi connectivity index (χ2v) is 5.51. The quantitative estimate of drug-likeness (QED) is 0.778. The molecule has 1 saturated heterocycles. The molecule has 2 rings (SSSR count). The molecule has 0 bridgehead atoms. The normalized spacial score (nSPS) is 22.6. The number of amides is 2. The number of carboxylic acids is 1. The van der Waals surface area contributed by atoms with Crippen LogP contribution in [0.3, 0.4) is 0 Å². The summed E-state index contributed by atoms with van der Waals surface area (Å²) in [6.45, 7) is 5.81. The summed E-state index contributed by atoms with van der Waals surface area (Å²) in [7, 11) is 0. The Balaban J connectivity index is 2.17. The van der Waals surface area contributed by atoms with Gasteiger partial charge >= 0.3 is 12.0 Å². The highest BCUT2D eigenvalue weighted by Gasteiger charge is 2.29. The highest BCUT2D eigenvalue weighted by molar-refractivity contribution is 5.99. The number of carboxylic acid groups (broad SMARTS) is 1. The molecule has 20 heavy (non-hydrogen) atoms. The van der Waals surface area contributed by atoms with Crippen LogP contribution in [-0.2, 0) is 0 Å². The van der Waals surface area contributed by atoms with Gasteiger partial charge in [-0.05, 0) is 46.1 Å². The molecule has 1 fully saturated rings. The molecular formula is C14H21N3O3. The largest absolute Gasteiger partial charge is 0.477 e. The van der Waals surface area contributed by atoms with E-state index in [4.69, 9.17) is 5.11 Å². The number of likely N-dealkylation sites (tertiary alicyclic amines) is 1. The number of carbonyl (C=O) groups excluding carboxylic acids is 1. The molecule has 3 N–H and O–H groups in total. The van der Waals surface area contributed by atoms with Gasteiger partial charge in [0.05, 0.1) is 5.69 Å². The lowest BCUT2D eigenvalue weighted by molar-refractivity contribution is 0.0692. The Labute approximate surface area is 118 Å².